The quantitative estimate of drug-likeness (QED) is 0.0610. The number of hydrogen-bond donors (Lipinski definition) is 1. The van der Waals surface area contributed by atoms with Gasteiger partial charge in [0.25, 0.3) is 0 Å². The van der Waals surface area contributed by atoms with Crippen molar-refractivity contribution >= 4 is 5.97 Å². The second kappa shape index (κ2) is 19.3. The Bertz CT molecular complexity index is 1050. The summed E-state index contributed by atoms with van der Waals surface area (Å²) in [6.45, 7) is 14.8. The van der Waals surface area contributed by atoms with Gasteiger partial charge in [-0.2, -0.15) is 0 Å². The highest BCUT2D eigenvalue weighted by molar-refractivity contribution is 5.69. The molecule has 0 aromatic carbocycles. The molecular formula is C45H76O3. The van der Waals surface area contributed by atoms with Crippen LogP contribution in [0.15, 0.2) is 36.0 Å². The van der Waals surface area contributed by atoms with Gasteiger partial charge in [0.15, 0.2) is 0 Å². The van der Waals surface area contributed by atoms with Gasteiger partial charge in [0, 0.05) is 12.8 Å². The van der Waals surface area contributed by atoms with Crippen LogP contribution >= 0.6 is 0 Å². The lowest BCUT2D eigenvalue weighted by molar-refractivity contribution is -0.151. The van der Waals surface area contributed by atoms with Gasteiger partial charge in [-0.1, -0.05) is 135 Å². The number of fused-ring (bicyclic) bond motifs is 5. The van der Waals surface area contributed by atoms with Crippen LogP contribution in [0.2, 0.25) is 0 Å². The zero-order chi connectivity index (χ0) is 34.6. The van der Waals surface area contributed by atoms with Gasteiger partial charge in [-0.25, -0.2) is 0 Å². The molecule has 0 radical (unpaired) electrons. The summed E-state index contributed by atoms with van der Waals surface area (Å²) in [6.07, 6.45) is 36.4. The van der Waals surface area contributed by atoms with E-state index in [0.717, 1.165) is 93.3 Å². The molecule has 3 nitrogen and oxygen atoms in total. The number of aliphatic hydroxyl groups excluding tert-OH is 1. The molecule has 48 heavy (non-hydrogen) atoms. The summed E-state index contributed by atoms with van der Waals surface area (Å²) in [6, 6.07) is 0. The Kier molecular flexibility index (Phi) is 15.9. The maximum absolute atomic E-state index is 12.8. The topological polar surface area (TPSA) is 46.5 Å². The lowest BCUT2D eigenvalue weighted by atomic mass is 9.47. The molecule has 0 aromatic rings. The molecule has 0 aromatic heterocycles. The SMILES string of the molecule is CCCCC/C=C/C=C\[C@H](O)CCCCCCCC(=O)O[C@H]1CC[C@@]2(C)C(=CC[C@H]3[C@@H]4CC[C@H]([C@H](C)CCCC(C)C)[C@@]4(C)CC[C@@H]32)C1. The van der Waals surface area contributed by atoms with Crippen molar-refractivity contribution in [2.75, 3.05) is 0 Å². The number of carbonyl (C=O) groups excluding carboxylic acids is 1. The van der Waals surface area contributed by atoms with Gasteiger partial charge in [0.1, 0.15) is 6.10 Å². The Balaban J connectivity index is 1.13. The van der Waals surface area contributed by atoms with Crippen molar-refractivity contribution in [2.45, 2.75) is 195 Å². The Hall–Kier alpha value is -1.35. The summed E-state index contributed by atoms with van der Waals surface area (Å²) in [5.74, 6) is 5.18. The zero-order valence-electron chi connectivity index (χ0n) is 32.3. The molecule has 0 spiro atoms. The van der Waals surface area contributed by atoms with E-state index in [9.17, 15) is 9.90 Å². The van der Waals surface area contributed by atoms with E-state index < -0.39 is 0 Å². The van der Waals surface area contributed by atoms with Crippen molar-refractivity contribution in [1.82, 2.24) is 0 Å². The number of allylic oxidation sites excluding steroid dienone is 4. The van der Waals surface area contributed by atoms with Crippen LogP contribution < -0.4 is 0 Å². The molecule has 0 saturated heterocycles. The predicted octanol–water partition coefficient (Wildman–Crippen LogP) is 12.7. The van der Waals surface area contributed by atoms with E-state index in [4.69, 9.17) is 4.74 Å². The zero-order valence-corrected chi connectivity index (χ0v) is 32.3. The number of carbonyl (C=O) groups is 1. The van der Waals surface area contributed by atoms with E-state index in [2.05, 4.69) is 59.8 Å². The fourth-order valence-corrected chi connectivity index (χ4v) is 11.1. The number of ether oxygens (including phenoxy) is 1. The summed E-state index contributed by atoms with van der Waals surface area (Å²) in [5, 5.41) is 10.2. The average Bonchev–Trinajstić information content (AvgIpc) is 3.41. The van der Waals surface area contributed by atoms with E-state index in [-0.39, 0.29) is 18.2 Å². The third kappa shape index (κ3) is 10.6. The number of aliphatic hydroxyl groups is 1. The van der Waals surface area contributed by atoms with Crippen LogP contribution in [0.3, 0.4) is 0 Å². The first-order chi connectivity index (χ1) is 23.1. The van der Waals surface area contributed by atoms with E-state index in [1.54, 1.807) is 5.57 Å². The third-order valence-electron chi connectivity index (χ3n) is 14.0. The van der Waals surface area contributed by atoms with Crippen LogP contribution in [-0.2, 0) is 9.53 Å². The van der Waals surface area contributed by atoms with E-state index >= 15 is 0 Å². The smallest absolute Gasteiger partial charge is 0.306 e. The van der Waals surface area contributed by atoms with Crippen molar-refractivity contribution in [3.63, 3.8) is 0 Å². The molecule has 274 valence electrons. The highest BCUT2D eigenvalue weighted by atomic mass is 16.5. The van der Waals surface area contributed by atoms with E-state index in [0.29, 0.717) is 17.3 Å². The fourth-order valence-electron chi connectivity index (χ4n) is 11.1. The van der Waals surface area contributed by atoms with Crippen LogP contribution in [0.4, 0.5) is 0 Å². The van der Waals surface area contributed by atoms with Crippen LogP contribution in [0, 0.1) is 46.3 Å². The first-order valence-corrected chi connectivity index (χ1v) is 21.0. The molecule has 9 atom stereocenters. The molecular weight excluding hydrogens is 588 g/mol. The number of esters is 1. The van der Waals surface area contributed by atoms with Crippen molar-refractivity contribution in [1.29, 1.82) is 0 Å². The molecule has 4 aliphatic carbocycles. The molecule has 0 unspecified atom stereocenters. The van der Waals surface area contributed by atoms with Crippen LogP contribution in [0.25, 0.3) is 0 Å². The second-order valence-electron chi connectivity index (χ2n) is 17.8. The third-order valence-corrected chi connectivity index (χ3v) is 14.0. The summed E-state index contributed by atoms with van der Waals surface area (Å²) in [5.41, 5.74) is 2.46. The largest absolute Gasteiger partial charge is 0.462 e. The number of unbranched alkanes of at least 4 members (excludes halogenated alkanes) is 7. The predicted molar refractivity (Wildman–Crippen MR) is 204 cm³/mol. The van der Waals surface area contributed by atoms with E-state index in [1.807, 2.05) is 12.2 Å². The molecule has 4 aliphatic rings. The van der Waals surface area contributed by atoms with Crippen molar-refractivity contribution in [2.24, 2.45) is 46.3 Å². The highest BCUT2D eigenvalue weighted by Crippen LogP contribution is 2.67. The molecule has 3 fully saturated rings. The summed E-state index contributed by atoms with van der Waals surface area (Å²) >= 11 is 0. The van der Waals surface area contributed by atoms with Gasteiger partial charge in [-0.15, -0.1) is 0 Å². The van der Waals surface area contributed by atoms with Gasteiger partial charge < -0.3 is 9.84 Å². The Morgan fingerprint density at radius 1 is 0.896 bits per heavy atom. The normalized spacial score (nSPS) is 33.0. The standard InChI is InChI=1S/C45H76O3/c1-7-8-9-10-11-13-16-22-37(46)23-17-14-12-15-18-24-43(47)48-38-29-31-44(5)36(33-38)25-26-39-41-28-27-40(35(4)21-19-20-34(2)3)45(41,6)32-30-42(39)44/h11,13,16,22,25,34-35,37-42,46H,7-10,12,14-15,17-21,23-24,26-33H2,1-6H3/b13-11+,22-16-/t35-,37+,38+,39+,40-,41+,42+,44+,45-/m1/s1. The maximum Gasteiger partial charge on any atom is 0.306 e. The van der Waals surface area contributed by atoms with Crippen molar-refractivity contribution < 1.29 is 14.6 Å². The lowest BCUT2D eigenvalue weighted by Crippen LogP contribution is -2.51. The number of rotatable bonds is 20. The van der Waals surface area contributed by atoms with E-state index in [1.165, 1.54) is 77.0 Å². The van der Waals surface area contributed by atoms with Crippen molar-refractivity contribution in [3.8, 4) is 0 Å². The minimum absolute atomic E-state index is 0.00846. The minimum Gasteiger partial charge on any atom is -0.462 e. The Labute approximate surface area is 297 Å². The first kappa shape index (κ1) is 39.4. The molecule has 0 amide bonds. The molecule has 0 aliphatic heterocycles. The Morgan fingerprint density at radius 2 is 1.69 bits per heavy atom. The average molecular weight is 665 g/mol. The van der Waals surface area contributed by atoms with Crippen molar-refractivity contribution in [3.05, 3.63) is 36.0 Å². The number of hydrogen-bond acceptors (Lipinski definition) is 3. The van der Waals surface area contributed by atoms with Gasteiger partial charge in [0.2, 0.25) is 0 Å². The molecule has 3 saturated carbocycles. The molecule has 0 heterocycles. The Morgan fingerprint density at radius 3 is 2.48 bits per heavy atom. The lowest BCUT2D eigenvalue weighted by Gasteiger charge is -2.58. The molecule has 0 bridgehead atoms. The molecule has 3 heteroatoms. The van der Waals surface area contributed by atoms with Gasteiger partial charge in [-0.05, 0) is 117 Å². The van der Waals surface area contributed by atoms with Gasteiger partial charge in [-0.3, -0.25) is 4.79 Å². The molecule has 1 N–H and O–H groups in total. The maximum atomic E-state index is 12.8. The van der Waals surface area contributed by atoms with Crippen LogP contribution in [0.5, 0.6) is 0 Å². The summed E-state index contributed by atoms with van der Waals surface area (Å²) < 4.78 is 6.10. The monoisotopic (exact) mass is 665 g/mol. The first-order valence-electron chi connectivity index (χ1n) is 21.0. The fraction of sp³-hybridized carbons (Fsp3) is 0.844. The van der Waals surface area contributed by atoms with Gasteiger partial charge >= 0.3 is 5.97 Å². The van der Waals surface area contributed by atoms with Crippen LogP contribution in [0.1, 0.15) is 183 Å². The van der Waals surface area contributed by atoms with Crippen LogP contribution in [-0.4, -0.2) is 23.3 Å². The van der Waals surface area contributed by atoms with Gasteiger partial charge in [0.05, 0.1) is 6.10 Å². The second-order valence-corrected chi connectivity index (χ2v) is 17.8. The highest BCUT2D eigenvalue weighted by Gasteiger charge is 2.59. The molecule has 4 rings (SSSR count). The summed E-state index contributed by atoms with van der Waals surface area (Å²) in [7, 11) is 0. The summed E-state index contributed by atoms with van der Waals surface area (Å²) in [4.78, 5) is 12.8. The minimum atomic E-state index is -0.353.